The van der Waals surface area contributed by atoms with Crippen LogP contribution in [0.2, 0.25) is 0 Å². The summed E-state index contributed by atoms with van der Waals surface area (Å²) < 4.78 is 5.33. The number of amides is 1. The maximum atomic E-state index is 12.7. The third kappa shape index (κ3) is 5.87. The van der Waals surface area contributed by atoms with E-state index in [0.29, 0.717) is 26.1 Å². The maximum Gasteiger partial charge on any atom is 0.227 e. The first-order chi connectivity index (χ1) is 11.2. The van der Waals surface area contributed by atoms with E-state index in [1.165, 1.54) is 0 Å². The Kier molecular flexibility index (Phi) is 8.90. The van der Waals surface area contributed by atoms with Crippen molar-refractivity contribution in [1.29, 1.82) is 0 Å². The van der Waals surface area contributed by atoms with Gasteiger partial charge in [-0.05, 0) is 24.6 Å². The number of para-hydroxylation sites is 1. The Bertz CT molecular complexity index is 620. The van der Waals surface area contributed by atoms with Crippen molar-refractivity contribution >= 4 is 18.3 Å². The van der Waals surface area contributed by atoms with Crippen LogP contribution >= 0.6 is 12.4 Å². The topological polar surface area (TPSA) is 55.6 Å². The minimum atomic E-state index is 0. The molecule has 0 fully saturated rings. The fourth-order valence-corrected chi connectivity index (χ4v) is 2.50. The molecule has 130 valence electrons. The number of nitrogens with zero attached hydrogens (tertiary/aromatic N) is 1. The highest BCUT2D eigenvalue weighted by atomic mass is 35.5. The van der Waals surface area contributed by atoms with Crippen molar-refractivity contribution in [2.75, 3.05) is 20.2 Å². The minimum absolute atomic E-state index is 0. The molecule has 2 rings (SSSR count). The lowest BCUT2D eigenvalue weighted by atomic mass is 10.1. The highest BCUT2D eigenvalue weighted by Gasteiger charge is 2.16. The normalized spacial score (nSPS) is 9.92. The standard InChI is InChI=1S/C19H24N2O2.ClH/c1-23-18-11-6-5-10-17(18)14-19(22)21(13-7-12-20)15-16-8-3-2-4-9-16;/h2-6,8-11H,7,12-15,20H2,1H3;1H. The molecular weight excluding hydrogens is 324 g/mol. The molecule has 4 nitrogen and oxygen atoms in total. The fourth-order valence-electron chi connectivity index (χ4n) is 2.50. The van der Waals surface area contributed by atoms with E-state index in [1.54, 1.807) is 7.11 Å². The monoisotopic (exact) mass is 348 g/mol. The average molecular weight is 349 g/mol. The first-order valence-corrected chi connectivity index (χ1v) is 7.88. The second-order valence-electron chi connectivity index (χ2n) is 5.43. The lowest BCUT2D eigenvalue weighted by molar-refractivity contribution is -0.131. The van der Waals surface area contributed by atoms with E-state index < -0.39 is 0 Å². The Labute approximate surface area is 150 Å². The van der Waals surface area contributed by atoms with Gasteiger partial charge in [-0.1, -0.05) is 48.5 Å². The van der Waals surface area contributed by atoms with Crippen molar-refractivity contribution in [3.8, 4) is 5.75 Å². The van der Waals surface area contributed by atoms with Crippen LogP contribution in [0.25, 0.3) is 0 Å². The van der Waals surface area contributed by atoms with Gasteiger partial charge < -0.3 is 15.4 Å². The number of halogens is 1. The van der Waals surface area contributed by atoms with Crippen LogP contribution in [0.1, 0.15) is 17.5 Å². The molecule has 2 N–H and O–H groups in total. The third-order valence-corrected chi connectivity index (χ3v) is 3.74. The lowest BCUT2D eigenvalue weighted by Crippen LogP contribution is -2.33. The van der Waals surface area contributed by atoms with Gasteiger partial charge >= 0.3 is 0 Å². The number of carbonyl (C=O) groups is 1. The second kappa shape index (κ2) is 10.7. The largest absolute Gasteiger partial charge is 0.496 e. The Morgan fingerprint density at radius 2 is 1.75 bits per heavy atom. The molecule has 0 atom stereocenters. The molecule has 0 bridgehead atoms. The summed E-state index contributed by atoms with van der Waals surface area (Å²) in [5.74, 6) is 0.839. The number of ether oxygens (including phenoxy) is 1. The average Bonchev–Trinajstić information content (AvgIpc) is 2.60. The Hall–Kier alpha value is -2.04. The van der Waals surface area contributed by atoms with Crippen LogP contribution in [0.3, 0.4) is 0 Å². The van der Waals surface area contributed by atoms with Crippen molar-refractivity contribution in [1.82, 2.24) is 4.90 Å². The summed E-state index contributed by atoms with van der Waals surface area (Å²) in [6.45, 7) is 1.85. The number of carbonyl (C=O) groups excluding carboxylic acids is 1. The third-order valence-electron chi connectivity index (χ3n) is 3.74. The molecule has 24 heavy (non-hydrogen) atoms. The van der Waals surface area contributed by atoms with Gasteiger partial charge in [-0.15, -0.1) is 12.4 Å². The summed E-state index contributed by atoms with van der Waals surface area (Å²) in [5, 5.41) is 0. The first-order valence-electron chi connectivity index (χ1n) is 7.88. The Morgan fingerprint density at radius 1 is 1.08 bits per heavy atom. The molecule has 0 spiro atoms. The summed E-state index contributed by atoms with van der Waals surface area (Å²) in [5.41, 5.74) is 7.64. The highest BCUT2D eigenvalue weighted by Crippen LogP contribution is 2.19. The van der Waals surface area contributed by atoms with Crippen LogP contribution in [-0.2, 0) is 17.8 Å². The van der Waals surface area contributed by atoms with Crippen molar-refractivity contribution in [2.45, 2.75) is 19.4 Å². The summed E-state index contributed by atoms with van der Waals surface area (Å²) in [6.07, 6.45) is 1.13. The Balaban J connectivity index is 0.00000288. The van der Waals surface area contributed by atoms with Crippen LogP contribution < -0.4 is 10.5 Å². The SMILES string of the molecule is COc1ccccc1CC(=O)N(CCCN)Cc1ccccc1.Cl. The van der Waals surface area contributed by atoms with Crippen molar-refractivity contribution in [3.05, 3.63) is 65.7 Å². The van der Waals surface area contributed by atoms with E-state index in [1.807, 2.05) is 59.5 Å². The second-order valence-corrected chi connectivity index (χ2v) is 5.43. The van der Waals surface area contributed by atoms with Crippen molar-refractivity contribution < 1.29 is 9.53 Å². The number of hydrogen-bond acceptors (Lipinski definition) is 3. The summed E-state index contributed by atoms with van der Waals surface area (Å²) in [7, 11) is 1.62. The molecule has 2 aromatic carbocycles. The number of methoxy groups -OCH3 is 1. The summed E-state index contributed by atoms with van der Waals surface area (Å²) in [4.78, 5) is 14.6. The molecule has 0 aliphatic heterocycles. The molecule has 5 heteroatoms. The molecule has 0 heterocycles. The van der Waals surface area contributed by atoms with E-state index >= 15 is 0 Å². The minimum Gasteiger partial charge on any atom is -0.496 e. The predicted molar refractivity (Wildman–Crippen MR) is 99.5 cm³/mol. The van der Waals surface area contributed by atoms with Crippen LogP contribution in [0.15, 0.2) is 54.6 Å². The molecule has 1 amide bonds. The quantitative estimate of drug-likeness (QED) is 0.797. The van der Waals surface area contributed by atoms with Gasteiger partial charge in [-0.3, -0.25) is 4.79 Å². The van der Waals surface area contributed by atoms with Crippen LogP contribution in [0.5, 0.6) is 5.75 Å². The smallest absolute Gasteiger partial charge is 0.227 e. The predicted octanol–water partition coefficient (Wildman–Crippen LogP) is 3.04. The lowest BCUT2D eigenvalue weighted by Gasteiger charge is -2.23. The van der Waals surface area contributed by atoms with E-state index in [-0.39, 0.29) is 18.3 Å². The summed E-state index contributed by atoms with van der Waals surface area (Å²) in [6, 6.07) is 17.7. The molecule has 0 aromatic heterocycles. The molecule has 0 aliphatic carbocycles. The number of nitrogens with two attached hydrogens (primary N) is 1. The van der Waals surface area contributed by atoms with Crippen LogP contribution in [0.4, 0.5) is 0 Å². The molecular formula is C19H25ClN2O2. The number of hydrogen-bond donors (Lipinski definition) is 1. The molecule has 0 radical (unpaired) electrons. The van der Waals surface area contributed by atoms with Crippen LogP contribution in [0, 0.1) is 0 Å². The molecule has 0 saturated heterocycles. The zero-order chi connectivity index (χ0) is 16.5. The molecule has 0 unspecified atom stereocenters. The van der Waals surface area contributed by atoms with Crippen LogP contribution in [-0.4, -0.2) is 31.0 Å². The van der Waals surface area contributed by atoms with Crippen molar-refractivity contribution in [3.63, 3.8) is 0 Å². The van der Waals surface area contributed by atoms with E-state index in [0.717, 1.165) is 23.3 Å². The van der Waals surface area contributed by atoms with Crippen molar-refractivity contribution in [2.24, 2.45) is 5.73 Å². The van der Waals surface area contributed by atoms with Gasteiger partial charge in [0.15, 0.2) is 0 Å². The Morgan fingerprint density at radius 3 is 2.42 bits per heavy atom. The van der Waals surface area contributed by atoms with Gasteiger partial charge in [0.05, 0.1) is 13.5 Å². The molecule has 0 saturated carbocycles. The maximum absolute atomic E-state index is 12.7. The van der Waals surface area contributed by atoms with Gasteiger partial charge in [0.2, 0.25) is 5.91 Å². The van der Waals surface area contributed by atoms with Gasteiger partial charge in [0, 0.05) is 18.7 Å². The molecule has 0 aliphatic rings. The summed E-state index contributed by atoms with van der Waals surface area (Å²) >= 11 is 0. The first kappa shape index (κ1) is 20.0. The van der Waals surface area contributed by atoms with Gasteiger partial charge in [0.1, 0.15) is 5.75 Å². The van der Waals surface area contributed by atoms with Gasteiger partial charge in [-0.25, -0.2) is 0 Å². The van der Waals surface area contributed by atoms with E-state index in [2.05, 4.69) is 0 Å². The number of benzene rings is 2. The highest BCUT2D eigenvalue weighted by molar-refractivity contribution is 5.85. The van der Waals surface area contributed by atoms with Gasteiger partial charge in [0.25, 0.3) is 0 Å². The number of rotatable bonds is 8. The zero-order valence-electron chi connectivity index (χ0n) is 14.0. The van der Waals surface area contributed by atoms with Gasteiger partial charge in [-0.2, -0.15) is 0 Å². The zero-order valence-corrected chi connectivity index (χ0v) is 14.8. The molecule has 2 aromatic rings. The van der Waals surface area contributed by atoms with E-state index in [9.17, 15) is 4.79 Å². The fraction of sp³-hybridized carbons (Fsp3) is 0.316. The van der Waals surface area contributed by atoms with E-state index in [4.69, 9.17) is 10.5 Å².